The maximum absolute atomic E-state index is 12.0. The average molecular weight is 308 g/mol. The zero-order valence-electron chi connectivity index (χ0n) is 12.7. The maximum atomic E-state index is 12.0. The smallest absolute Gasteiger partial charge is 0.310 e. The molecule has 2 aromatic carbocycles. The molecular formula is C18H16N2O3. The number of ether oxygens (including phenoxy) is 1. The standard InChI is InChI=1S/C18H16N2O3/c1-12(23-16(21)11-13-7-3-2-4-8-13)17-19-15-10-6-5-9-14(15)18(22)20-17/h2-10,12H,11H2,1H3,(H,19,20,22). The molecule has 3 aromatic rings. The lowest BCUT2D eigenvalue weighted by atomic mass is 10.1. The molecule has 5 nitrogen and oxygen atoms in total. The van der Waals surface area contributed by atoms with Gasteiger partial charge in [-0.1, -0.05) is 42.5 Å². The first-order chi connectivity index (χ1) is 11.1. The second-order valence-corrected chi connectivity index (χ2v) is 5.26. The quantitative estimate of drug-likeness (QED) is 0.752. The van der Waals surface area contributed by atoms with E-state index in [-0.39, 0.29) is 17.9 Å². The van der Waals surface area contributed by atoms with Crippen LogP contribution in [0.2, 0.25) is 0 Å². The number of fused-ring (bicyclic) bond motifs is 1. The molecule has 3 rings (SSSR count). The molecule has 1 N–H and O–H groups in total. The molecule has 0 spiro atoms. The van der Waals surface area contributed by atoms with E-state index in [1.807, 2.05) is 36.4 Å². The van der Waals surface area contributed by atoms with Crippen molar-refractivity contribution in [2.75, 3.05) is 0 Å². The summed E-state index contributed by atoms with van der Waals surface area (Å²) in [7, 11) is 0. The molecule has 5 heteroatoms. The van der Waals surface area contributed by atoms with Crippen LogP contribution in [0.25, 0.3) is 10.9 Å². The van der Waals surface area contributed by atoms with Crippen LogP contribution in [-0.2, 0) is 16.0 Å². The van der Waals surface area contributed by atoms with E-state index in [9.17, 15) is 9.59 Å². The zero-order valence-corrected chi connectivity index (χ0v) is 12.7. The number of aromatic nitrogens is 2. The van der Waals surface area contributed by atoms with E-state index in [2.05, 4.69) is 9.97 Å². The Labute approximate surface area is 133 Å². The van der Waals surface area contributed by atoms with Gasteiger partial charge in [-0.15, -0.1) is 0 Å². The predicted molar refractivity (Wildman–Crippen MR) is 87.0 cm³/mol. The van der Waals surface area contributed by atoms with Crippen LogP contribution in [-0.4, -0.2) is 15.9 Å². The van der Waals surface area contributed by atoms with Gasteiger partial charge in [-0.05, 0) is 24.6 Å². The molecule has 0 aliphatic rings. The number of para-hydroxylation sites is 1. The summed E-state index contributed by atoms with van der Waals surface area (Å²) in [6.07, 6.45) is -0.438. The number of esters is 1. The van der Waals surface area contributed by atoms with Crippen molar-refractivity contribution < 1.29 is 9.53 Å². The molecule has 0 bridgehead atoms. The van der Waals surface area contributed by atoms with Gasteiger partial charge in [-0.2, -0.15) is 0 Å². The molecular weight excluding hydrogens is 292 g/mol. The lowest BCUT2D eigenvalue weighted by Crippen LogP contribution is -2.18. The SMILES string of the molecule is CC(OC(=O)Cc1ccccc1)c1nc2ccccc2c(=O)[nH]1. The van der Waals surface area contributed by atoms with Gasteiger partial charge in [0.05, 0.1) is 17.3 Å². The minimum atomic E-state index is -0.622. The zero-order chi connectivity index (χ0) is 16.2. The Morgan fingerprint density at radius 1 is 1.13 bits per heavy atom. The average Bonchev–Trinajstić information content (AvgIpc) is 2.55. The van der Waals surface area contributed by atoms with Crippen molar-refractivity contribution in [3.05, 3.63) is 76.3 Å². The Balaban J connectivity index is 1.76. The highest BCUT2D eigenvalue weighted by Gasteiger charge is 2.15. The Morgan fingerprint density at radius 3 is 2.61 bits per heavy atom. The van der Waals surface area contributed by atoms with Crippen LogP contribution in [0.1, 0.15) is 24.4 Å². The van der Waals surface area contributed by atoms with E-state index in [1.54, 1.807) is 25.1 Å². The topological polar surface area (TPSA) is 72.0 Å². The van der Waals surface area contributed by atoms with Gasteiger partial charge in [0.2, 0.25) is 0 Å². The Kier molecular flexibility index (Phi) is 4.19. The van der Waals surface area contributed by atoms with Crippen molar-refractivity contribution >= 4 is 16.9 Å². The van der Waals surface area contributed by atoms with Gasteiger partial charge in [0.15, 0.2) is 11.9 Å². The first kappa shape index (κ1) is 15.0. The summed E-state index contributed by atoms with van der Waals surface area (Å²) in [6.45, 7) is 1.69. The van der Waals surface area contributed by atoms with Crippen molar-refractivity contribution in [2.24, 2.45) is 0 Å². The molecule has 1 unspecified atom stereocenters. The molecule has 1 heterocycles. The third-order valence-electron chi connectivity index (χ3n) is 3.52. The predicted octanol–water partition coefficient (Wildman–Crippen LogP) is 2.77. The molecule has 0 fully saturated rings. The van der Waals surface area contributed by atoms with Crippen LogP contribution < -0.4 is 5.56 Å². The fourth-order valence-electron chi connectivity index (χ4n) is 2.35. The third-order valence-corrected chi connectivity index (χ3v) is 3.52. The minimum Gasteiger partial charge on any atom is -0.454 e. The molecule has 0 aliphatic heterocycles. The summed E-state index contributed by atoms with van der Waals surface area (Å²) in [5, 5.41) is 0.513. The Morgan fingerprint density at radius 2 is 1.83 bits per heavy atom. The second-order valence-electron chi connectivity index (χ2n) is 5.26. The number of carbonyl (C=O) groups excluding carboxylic acids is 1. The number of rotatable bonds is 4. The van der Waals surface area contributed by atoms with Crippen molar-refractivity contribution in [1.82, 2.24) is 9.97 Å². The largest absolute Gasteiger partial charge is 0.454 e. The number of benzene rings is 2. The molecule has 0 saturated carbocycles. The van der Waals surface area contributed by atoms with Gasteiger partial charge in [-0.25, -0.2) is 4.98 Å². The number of carbonyl (C=O) groups is 1. The summed E-state index contributed by atoms with van der Waals surface area (Å²) < 4.78 is 5.37. The van der Waals surface area contributed by atoms with Crippen LogP contribution in [0.4, 0.5) is 0 Å². The molecule has 0 amide bonds. The third kappa shape index (κ3) is 3.45. The number of nitrogens with one attached hydrogen (secondary N) is 1. The van der Waals surface area contributed by atoms with Crippen molar-refractivity contribution in [3.8, 4) is 0 Å². The van der Waals surface area contributed by atoms with Crippen LogP contribution in [0.3, 0.4) is 0 Å². The van der Waals surface area contributed by atoms with E-state index in [4.69, 9.17) is 4.74 Å². The molecule has 23 heavy (non-hydrogen) atoms. The highest BCUT2D eigenvalue weighted by Crippen LogP contribution is 2.15. The molecule has 0 aliphatic carbocycles. The second kappa shape index (κ2) is 6.44. The number of hydrogen-bond donors (Lipinski definition) is 1. The Hall–Kier alpha value is -2.95. The van der Waals surface area contributed by atoms with Gasteiger partial charge in [0, 0.05) is 0 Å². The molecule has 1 atom stereocenters. The molecule has 0 saturated heterocycles. The van der Waals surface area contributed by atoms with Gasteiger partial charge >= 0.3 is 5.97 Å². The number of hydrogen-bond acceptors (Lipinski definition) is 4. The van der Waals surface area contributed by atoms with Crippen LogP contribution in [0.15, 0.2) is 59.4 Å². The van der Waals surface area contributed by atoms with Gasteiger partial charge in [0.1, 0.15) is 0 Å². The van der Waals surface area contributed by atoms with E-state index in [0.29, 0.717) is 16.7 Å². The fourth-order valence-corrected chi connectivity index (χ4v) is 2.35. The summed E-state index contributed by atoms with van der Waals surface area (Å²) in [5.41, 5.74) is 1.22. The summed E-state index contributed by atoms with van der Waals surface area (Å²) in [5.74, 6) is -0.0189. The van der Waals surface area contributed by atoms with Crippen LogP contribution in [0, 0.1) is 0 Å². The van der Waals surface area contributed by atoms with Gasteiger partial charge < -0.3 is 9.72 Å². The highest BCUT2D eigenvalue weighted by atomic mass is 16.5. The monoisotopic (exact) mass is 308 g/mol. The lowest BCUT2D eigenvalue weighted by Gasteiger charge is -2.13. The lowest BCUT2D eigenvalue weighted by molar-refractivity contribution is -0.148. The number of aromatic amines is 1. The van der Waals surface area contributed by atoms with Crippen molar-refractivity contribution in [3.63, 3.8) is 0 Å². The van der Waals surface area contributed by atoms with Gasteiger partial charge in [0.25, 0.3) is 5.56 Å². The number of nitrogens with zero attached hydrogens (tertiary/aromatic N) is 1. The van der Waals surface area contributed by atoms with Gasteiger partial charge in [-0.3, -0.25) is 9.59 Å². The summed E-state index contributed by atoms with van der Waals surface area (Å²) in [4.78, 5) is 31.1. The maximum Gasteiger partial charge on any atom is 0.310 e. The van der Waals surface area contributed by atoms with Crippen LogP contribution in [0.5, 0.6) is 0 Å². The minimum absolute atomic E-state index is 0.184. The van der Waals surface area contributed by atoms with Crippen molar-refractivity contribution in [2.45, 2.75) is 19.4 Å². The molecule has 1 aromatic heterocycles. The van der Waals surface area contributed by atoms with Crippen LogP contribution >= 0.6 is 0 Å². The Bertz CT molecular complexity index is 887. The summed E-state index contributed by atoms with van der Waals surface area (Å²) >= 11 is 0. The first-order valence-corrected chi connectivity index (χ1v) is 7.36. The van der Waals surface area contributed by atoms with E-state index in [1.165, 1.54) is 0 Å². The molecule has 0 radical (unpaired) electrons. The highest BCUT2D eigenvalue weighted by molar-refractivity contribution is 5.77. The summed E-state index contributed by atoms with van der Waals surface area (Å²) in [6, 6.07) is 16.4. The normalized spacial score (nSPS) is 12.0. The first-order valence-electron chi connectivity index (χ1n) is 7.36. The molecule has 116 valence electrons. The van der Waals surface area contributed by atoms with E-state index >= 15 is 0 Å². The van der Waals surface area contributed by atoms with Crippen molar-refractivity contribution in [1.29, 1.82) is 0 Å². The number of H-pyrrole nitrogens is 1. The fraction of sp³-hybridized carbons (Fsp3) is 0.167. The van der Waals surface area contributed by atoms with E-state index in [0.717, 1.165) is 5.56 Å². The van der Waals surface area contributed by atoms with E-state index < -0.39 is 6.10 Å².